The third-order valence-corrected chi connectivity index (χ3v) is 7.77. The van der Waals surface area contributed by atoms with Crippen LogP contribution in [0, 0.1) is 5.92 Å². The zero-order chi connectivity index (χ0) is 21.0. The van der Waals surface area contributed by atoms with E-state index in [0.29, 0.717) is 43.5 Å². The summed E-state index contributed by atoms with van der Waals surface area (Å²) in [5.41, 5.74) is 1.22. The van der Waals surface area contributed by atoms with Crippen LogP contribution in [0.3, 0.4) is 0 Å². The van der Waals surface area contributed by atoms with E-state index in [1.807, 2.05) is 18.2 Å². The summed E-state index contributed by atoms with van der Waals surface area (Å²) in [5.74, 6) is 0.425. The molecular weight excluding hydrogens is 400 g/mol. The largest absolute Gasteiger partial charge is 0.371 e. The van der Waals surface area contributed by atoms with Crippen molar-refractivity contribution in [3.63, 3.8) is 0 Å². The molecule has 0 aliphatic carbocycles. The second-order valence-electron chi connectivity index (χ2n) is 7.83. The minimum atomic E-state index is -3.50. The van der Waals surface area contributed by atoms with Gasteiger partial charge in [-0.05, 0) is 36.6 Å². The van der Waals surface area contributed by atoms with Crippen LogP contribution < -0.4 is 10.2 Å². The first-order chi connectivity index (χ1) is 14.5. The maximum Gasteiger partial charge on any atom is 0.317 e. The molecule has 30 heavy (non-hydrogen) atoms. The minimum Gasteiger partial charge on any atom is -0.371 e. The Kier molecular flexibility index (Phi) is 6.24. The van der Waals surface area contributed by atoms with E-state index in [4.69, 9.17) is 0 Å². The van der Waals surface area contributed by atoms with Gasteiger partial charge in [0.15, 0.2) is 0 Å². The van der Waals surface area contributed by atoms with E-state index in [1.54, 1.807) is 35.2 Å². The van der Waals surface area contributed by atoms with Gasteiger partial charge in [-0.1, -0.05) is 36.4 Å². The van der Waals surface area contributed by atoms with Crippen LogP contribution >= 0.6 is 0 Å². The predicted octanol–water partition coefficient (Wildman–Crippen LogP) is 2.23. The smallest absolute Gasteiger partial charge is 0.317 e. The number of nitrogens with one attached hydrogen (secondary N) is 1. The Bertz CT molecular complexity index is 945. The molecule has 2 amide bonds. The average Bonchev–Trinajstić information content (AvgIpc) is 3.28. The van der Waals surface area contributed by atoms with Gasteiger partial charge in [0.2, 0.25) is 10.0 Å². The fourth-order valence-corrected chi connectivity index (χ4v) is 5.53. The molecule has 2 fully saturated rings. The number of amides is 2. The standard InChI is InChI=1S/C22H28N4O3S/c27-22(23-17-19-11-12-25(18-19)20-7-3-1-4-8-20)24-13-15-26(16-14-24)30(28,29)21-9-5-2-6-10-21/h1-10,19H,11-18H2,(H,23,27). The number of carbonyl (C=O) groups excluding carboxylic acids is 1. The van der Waals surface area contributed by atoms with Crippen molar-refractivity contribution in [3.8, 4) is 0 Å². The van der Waals surface area contributed by atoms with Gasteiger partial charge in [-0.2, -0.15) is 4.31 Å². The van der Waals surface area contributed by atoms with Gasteiger partial charge in [0, 0.05) is 51.5 Å². The van der Waals surface area contributed by atoms with Crippen LogP contribution in [0.2, 0.25) is 0 Å². The van der Waals surface area contributed by atoms with Crippen molar-refractivity contribution in [2.45, 2.75) is 11.3 Å². The van der Waals surface area contributed by atoms with Crippen molar-refractivity contribution in [3.05, 3.63) is 60.7 Å². The van der Waals surface area contributed by atoms with Gasteiger partial charge in [0.25, 0.3) is 0 Å². The molecule has 0 spiro atoms. The van der Waals surface area contributed by atoms with E-state index in [-0.39, 0.29) is 6.03 Å². The number of nitrogens with zero attached hydrogens (tertiary/aromatic N) is 3. The minimum absolute atomic E-state index is 0.107. The number of carbonyl (C=O) groups is 1. The maximum absolute atomic E-state index is 12.7. The van der Waals surface area contributed by atoms with Gasteiger partial charge in [-0.15, -0.1) is 0 Å². The molecule has 1 unspecified atom stereocenters. The zero-order valence-electron chi connectivity index (χ0n) is 17.0. The predicted molar refractivity (Wildman–Crippen MR) is 117 cm³/mol. The highest BCUT2D eigenvalue weighted by Gasteiger charge is 2.30. The normalized spacial score (nSPS) is 20.3. The number of hydrogen-bond donors (Lipinski definition) is 1. The summed E-state index contributed by atoms with van der Waals surface area (Å²) in [6.07, 6.45) is 1.05. The van der Waals surface area contributed by atoms with Crippen molar-refractivity contribution in [1.29, 1.82) is 0 Å². The third kappa shape index (κ3) is 4.60. The van der Waals surface area contributed by atoms with Crippen LogP contribution in [0.15, 0.2) is 65.6 Å². The number of benzene rings is 2. The van der Waals surface area contributed by atoms with Gasteiger partial charge in [-0.25, -0.2) is 13.2 Å². The van der Waals surface area contributed by atoms with Gasteiger partial charge < -0.3 is 15.1 Å². The van der Waals surface area contributed by atoms with Gasteiger partial charge in [-0.3, -0.25) is 0 Å². The van der Waals surface area contributed by atoms with Gasteiger partial charge >= 0.3 is 6.03 Å². The van der Waals surface area contributed by atoms with E-state index in [1.165, 1.54) is 9.99 Å². The molecule has 160 valence electrons. The summed E-state index contributed by atoms with van der Waals surface area (Å²) >= 11 is 0. The number of sulfonamides is 1. The summed E-state index contributed by atoms with van der Waals surface area (Å²) < 4.78 is 26.9. The van der Waals surface area contributed by atoms with Crippen LogP contribution in [0.5, 0.6) is 0 Å². The highest BCUT2D eigenvalue weighted by atomic mass is 32.2. The molecule has 4 rings (SSSR count). The molecule has 2 heterocycles. The number of urea groups is 1. The Morgan fingerprint density at radius 1 is 0.900 bits per heavy atom. The SMILES string of the molecule is O=C(NCC1CCN(c2ccccc2)C1)N1CCN(S(=O)(=O)c2ccccc2)CC1. The molecule has 2 aliphatic rings. The highest BCUT2D eigenvalue weighted by Crippen LogP contribution is 2.23. The molecule has 8 heteroatoms. The lowest BCUT2D eigenvalue weighted by atomic mass is 10.1. The molecule has 0 radical (unpaired) electrons. The number of hydrogen-bond acceptors (Lipinski definition) is 4. The molecule has 0 aromatic heterocycles. The molecule has 1 atom stereocenters. The van der Waals surface area contributed by atoms with Crippen molar-refractivity contribution in [2.75, 3.05) is 50.7 Å². The van der Waals surface area contributed by atoms with E-state index >= 15 is 0 Å². The van der Waals surface area contributed by atoms with Crippen LogP contribution in [0.25, 0.3) is 0 Å². The Balaban J connectivity index is 1.23. The van der Waals surface area contributed by atoms with Crippen molar-refractivity contribution >= 4 is 21.7 Å². The molecule has 2 aromatic carbocycles. The first-order valence-corrected chi connectivity index (χ1v) is 11.9. The number of piperazine rings is 1. The molecule has 0 bridgehead atoms. The summed E-state index contributed by atoms with van der Waals surface area (Å²) in [4.78, 5) is 16.9. The summed E-state index contributed by atoms with van der Waals surface area (Å²) in [7, 11) is -3.50. The Hall–Kier alpha value is -2.58. The molecule has 1 N–H and O–H groups in total. The van der Waals surface area contributed by atoms with Crippen molar-refractivity contribution in [1.82, 2.24) is 14.5 Å². The van der Waals surface area contributed by atoms with Crippen LogP contribution in [0.4, 0.5) is 10.5 Å². The summed E-state index contributed by atoms with van der Waals surface area (Å²) in [5, 5.41) is 3.04. The average molecular weight is 429 g/mol. The second kappa shape index (κ2) is 9.06. The second-order valence-corrected chi connectivity index (χ2v) is 9.76. The van der Waals surface area contributed by atoms with Crippen LogP contribution in [-0.2, 0) is 10.0 Å². The first kappa shape index (κ1) is 20.7. The van der Waals surface area contributed by atoms with E-state index < -0.39 is 10.0 Å². The topological polar surface area (TPSA) is 73.0 Å². The maximum atomic E-state index is 12.7. The molecule has 2 aliphatic heterocycles. The molecular formula is C22H28N4O3S. The number of rotatable bonds is 5. The van der Waals surface area contributed by atoms with E-state index in [9.17, 15) is 13.2 Å². The van der Waals surface area contributed by atoms with Gasteiger partial charge in [0.1, 0.15) is 0 Å². The molecule has 2 saturated heterocycles. The fraction of sp³-hybridized carbons (Fsp3) is 0.409. The third-order valence-electron chi connectivity index (χ3n) is 5.86. The monoisotopic (exact) mass is 428 g/mol. The number of anilines is 1. The fourth-order valence-electron chi connectivity index (χ4n) is 4.09. The molecule has 0 saturated carbocycles. The lowest BCUT2D eigenvalue weighted by molar-refractivity contribution is 0.171. The van der Waals surface area contributed by atoms with Crippen LogP contribution in [0.1, 0.15) is 6.42 Å². The zero-order valence-corrected chi connectivity index (χ0v) is 17.8. The lowest BCUT2D eigenvalue weighted by Crippen LogP contribution is -2.53. The Labute approximate surface area is 178 Å². The number of para-hydroxylation sites is 1. The van der Waals surface area contributed by atoms with E-state index in [2.05, 4.69) is 22.3 Å². The van der Waals surface area contributed by atoms with Crippen molar-refractivity contribution in [2.24, 2.45) is 5.92 Å². The van der Waals surface area contributed by atoms with Crippen molar-refractivity contribution < 1.29 is 13.2 Å². The highest BCUT2D eigenvalue weighted by molar-refractivity contribution is 7.89. The van der Waals surface area contributed by atoms with Gasteiger partial charge in [0.05, 0.1) is 4.90 Å². The molecule has 7 nitrogen and oxygen atoms in total. The summed E-state index contributed by atoms with van der Waals surface area (Å²) in [6.45, 7) is 4.02. The first-order valence-electron chi connectivity index (χ1n) is 10.4. The Morgan fingerprint density at radius 2 is 1.53 bits per heavy atom. The quantitative estimate of drug-likeness (QED) is 0.793. The summed E-state index contributed by atoms with van der Waals surface area (Å²) in [6, 6.07) is 18.7. The molecule has 2 aromatic rings. The lowest BCUT2D eigenvalue weighted by Gasteiger charge is -2.34. The Morgan fingerprint density at radius 3 is 2.20 bits per heavy atom. The van der Waals surface area contributed by atoms with E-state index in [0.717, 1.165) is 19.5 Å². The van der Waals surface area contributed by atoms with Crippen LogP contribution in [-0.4, -0.2) is 69.5 Å².